The molecule has 1 aliphatic rings. The summed E-state index contributed by atoms with van der Waals surface area (Å²) in [5.74, 6) is -0.289. The first-order valence-corrected chi connectivity index (χ1v) is 5.20. The highest BCUT2D eigenvalue weighted by Crippen LogP contribution is 2.28. The van der Waals surface area contributed by atoms with Gasteiger partial charge in [0.2, 0.25) is 5.91 Å². The molecule has 1 aromatic rings. The maximum absolute atomic E-state index is 11.5. The topological polar surface area (TPSA) is 46.6 Å². The van der Waals surface area contributed by atoms with E-state index in [4.69, 9.17) is 4.74 Å². The predicted octanol–water partition coefficient (Wildman–Crippen LogP) is 1.38. The number of amides is 1. The van der Waals surface area contributed by atoms with Gasteiger partial charge >= 0.3 is 5.97 Å². The lowest BCUT2D eigenvalue weighted by atomic mass is 10.1. The van der Waals surface area contributed by atoms with Gasteiger partial charge in [-0.05, 0) is 30.7 Å². The number of ether oxygens (including phenoxy) is 1. The fourth-order valence-corrected chi connectivity index (χ4v) is 1.81. The third-order valence-corrected chi connectivity index (χ3v) is 2.67. The van der Waals surface area contributed by atoms with Gasteiger partial charge in [0.25, 0.3) is 0 Å². The molecule has 0 unspecified atom stereocenters. The fourth-order valence-electron chi connectivity index (χ4n) is 1.81. The summed E-state index contributed by atoms with van der Waals surface area (Å²) in [6.45, 7) is 2.12. The molecule has 0 bridgehead atoms. The first-order valence-electron chi connectivity index (χ1n) is 5.20. The number of anilines is 1. The zero-order chi connectivity index (χ0) is 11.7. The zero-order valence-corrected chi connectivity index (χ0v) is 9.32. The standard InChI is InChI=1S/C12H13NO3/c1-3-16-12(15)8-4-5-10-9(6-8)7-11(14)13(10)2/h4-6H,3,7H2,1-2H3. The van der Waals surface area contributed by atoms with Gasteiger partial charge in [-0.15, -0.1) is 0 Å². The molecule has 0 saturated carbocycles. The van der Waals surface area contributed by atoms with E-state index in [1.807, 2.05) is 0 Å². The molecule has 0 fully saturated rings. The second-order valence-electron chi connectivity index (χ2n) is 3.69. The van der Waals surface area contributed by atoms with E-state index in [1.165, 1.54) is 0 Å². The molecule has 0 aromatic heterocycles. The van der Waals surface area contributed by atoms with Crippen LogP contribution in [0.3, 0.4) is 0 Å². The SMILES string of the molecule is CCOC(=O)c1ccc2c(c1)CC(=O)N2C. The summed E-state index contributed by atoms with van der Waals surface area (Å²) in [4.78, 5) is 24.5. The Morgan fingerprint density at radius 1 is 1.50 bits per heavy atom. The van der Waals surface area contributed by atoms with E-state index in [-0.39, 0.29) is 11.9 Å². The highest BCUT2D eigenvalue weighted by molar-refractivity contribution is 6.02. The van der Waals surface area contributed by atoms with Crippen LogP contribution in [0.25, 0.3) is 0 Å². The molecule has 1 heterocycles. The van der Waals surface area contributed by atoms with Crippen molar-refractivity contribution < 1.29 is 14.3 Å². The van der Waals surface area contributed by atoms with Gasteiger partial charge in [0.05, 0.1) is 18.6 Å². The lowest BCUT2D eigenvalue weighted by Crippen LogP contribution is -2.20. The normalized spacial score (nSPS) is 13.9. The average molecular weight is 219 g/mol. The van der Waals surface area contributed by atoms with Gasteiger partial charge in [-0.25, -0.2) is 4.79 Å². The van der Waals surface area contributed by atoms with Crippen LogP contribution in [0.5, 0.6) is 0 Å². The molecule has 84 valence electrons. The summed E-state index contributed by atoms with van der Waals surface area (Å²) in [7, 11) is 1.73. The van der Waals surface area contributed by atoms with Gasteiger partial charge in [0.15, 0.2) is 0 Å². The minimum Gasteiger partial charge on any atom is -0.462 e. The Kier molecular flexibility index (Phi) is 2.64. The van der Waals surface area contributed by atoms with Crippen molar-refractivity contribution in [1.29, 1.82) is 0 Å². The first kappa shape index (κ1) is 10.7. The van der Waals surface area contributed by atoms with Crippen LogP contribution in [0.2, 0.25) is 0 Å². The number of hydrogen-bond acceptors (Lipinski definition) is 3. The third-order valence-electron chi connectivity index (χ3n) is 2.67. The maximum Gasteiger partial charge on any atom is 0.338 e. The van der Waals surface area contributed by atoms with E-state index in [1.54, 1.807) is 37.1 Å². The molecular formula is C12H13NO3. The van der Waals surface area contributed by atoms with Crippen molar-refractivity contribution in [3.05, 3.63) is 29.3 Å². The Morgan fingerprint density at radius 2 is 2.25 bits per heavy atom. The van der Waals surface area contributed by atoms with E-state index in [2.05, 4.69) is 0 Å². The highest BCUT2D eigenvalue weighted by Gasteiger charge is 2.24. The molecule has 2 rings (SSSR count). The number of rotatable bonds is 2. The minimum atomic E-state index is -0.340. The van der Waals surface area contributed by atoms with Crippen LogP contribution in [0.4, 0.5) is 5.69 Å². The number of hydrogen-bond donors (Lipinski definition) is 0. The monoisotopic (exact) mass is 219 g/mol. The lowest BCUT2D eigenvalue weighted by molar-refractivity contribution is -0.117. The molecule has 1 aromatic carbocycles. The summed E-state index contributed by atoms with van der Waals surface area (Å²) in [5.41, 5.74) is 2.26. The van der Waals surface area contributed by atoms with Crippen molar-refractivity contribution in [3.8, 4) is 0 Å². The minimum absolute atomic E-state index is 0.0519. The van der Waals surface area contributed by atoms with Gasteiger partial charge in [-0.2, -0.15) is 0 Å². The van der Waals surface area contributed by atoms with E-state index < -0.39 is 0 Å². The Bertz CT molecular complexity index is 454. The molecular weight excluding hydrogens is 206 g/mol. The first-order chi connectivity index (χ1) is 7.63. The maximum atomic E-state index is 11.5. The van der Waals surface area contributed by atoms with Crippen LogP contribution in [0.1, 0.15) is 22.8 Å². The largest absolute Gasteiger partial charge is 0.462 e. The summed E-state index contributed by atoms with van der Waals surface area (Å²) in [6.07, 6.45) is 0.360. The predicted molar refractivity (Wildman–Crippen MR) is 59.5 cm³/mol. The van der Waals surface area contributed by atoms with Gasteiger partial charge in [-0.1, -0.05) is 0 Å². The molecule has 0 saturated heterocycles. The molecule has 0 N–H and O–H groups in total. The van der Waals surface area contributed by atoms with E-state index >= 15 is 0 Å². The molecule has 1 aliphatic heterocycles. The lowest BCUT2D eigenvalue weighted by Gasteiger charge is -2.10. The van der Waals surface area contributed by atoms with Gasteiger partial charge in [-0.3, -0.25) is 4.79 Å². The van der Waals surface area contributed by atoms with Crippen LogP contribution in [-0.2, 0) is 16.0 Å². The van der Waals surface area contributed by atoms with E-state index in [0.717, 1.165) is 11.3 Å². The number of esters is 1. The summed E-state index contributed by atoms with van der Waals surface area (Å²) in [5, 5.41) is 0. The summed E-state index contributed by atoms with van der Waals surface area (Å²) >= 11 is 0. The highest BCUT2D eigenvalue weighted by atomic mass is 16.5. The second kappa shape index (κ2) is 3.96. The van der Waals surface area contributed by atoms with Gasteiger partial charge in [0, 0.05) is 12.7 Å². The van der Waals surface area contributed by atoms with Crippen LogP contribution in [0.15, 0.2) is 18.2 Å². The Morgan fingerprint density at radius 3 is 2.94 bits per heavy atom. The zero-order valence-electron chi connectivity index (χ0n) is 9.32. The number of likely N-dealkylation sites (N-methyl/N-ethyl adjacent to an activating group) is 1. The quantitative estimate of drug-likeness (QED) is 0.706. The second-order valence-corrected chi connectivity index (χ2v) is 3.69. The fraction of sp³-hybridized carbons (Fsp3) is 0.333. The number of nitrogens with zero attached hydrogens (tertiary/aromatic N) is 1. The van der Waals surface area contributed by atoms with Crippen molar-refractivity contribution in [3.63, 3.8) is 0 Å². The van der Waals surface area contributed by atoms with Crippen molar-refractivity contribution in [1.82, 2.24) is 0 Å². The average Bonchev–Trinajstić information content (AvgIpc) is 2.55. The van der Waals surface area contributed by atoms with E-state index in [9.17, 15) is 9.59 Å². The van der Waals surface area contributed by atoms with Crippen LogP contribution >= 0.6 is 0 Å². The number of carbonyl (C=O) groups excluding carboxylic acids is 2. The third kappa shape index (κ3) is 1.66. The van der Waals surface area contributed by atoms with Crippen LogP contribution in [-0.4, -0.2) is 25.5 Å². The molecule has 0 radical (unpaired) electrons. The molecule has 0 atom stereocenters. The van der Waals surface area contributed by atoms with Gasteiger partial charge in [0.1, 0.15) is 0 Å². The summed E-state index contributed by atoms with van der Waals surface area (Å²) < 4.78 is 4.90. The van der Waals surface area contributed by atoms with Crippen molar-refractivity contribution in [2.24, 2.45) is 0 Å². The number of carbonyl (C=O) groups is 2. The van der Waals surface area contributed by atoms with Crippen molar-refractivity contribution in [2.75, 3.05) is 18.6 Å². The Hall–Kier alpha value is -1.84. The molecule has 16 heavy (non-hydrogen) atoms. The van der Waals surface area contributed by atoms with E-state index in [0.29, 0.717) is 18.6 Å². The van der Waals surface area contributed by atoms with Crippen LogP contribution < -0.4 is 4.90 Å². The number of fused-ring (bicyclic) bond motifs is 1. The Balaban J connectivity index is 2.32. The van der Waals surface area contributed by atoms with Gasteiger partial charge < -0.3 is 9.64 Å². The Labute approximate surface area is 93.8 Å². The smallest absolute Gasteiger partial charge is 0.338 e. The van der Waals surface area contributed by atoms with Crippen molar-refractivity contribution in [2.45, 2.75) is 13.3 Å². The van der Waals surface area contributed by atoms with Crippen LogP contribution in [0, 0.1) is 0 Å². The molecule has 1 amide bonds. The molecule has 0 aliphatic carbocycles. The number of benzene rings is 1. The summed E-state index contributed by atoms with van der Waals surface area (Å²) in [6, 6.07) is 5.20. The molecule has 4 heteroatoms. The van der Waals surface area contributed by atoms with Crippen molar-refractivity contribution >= 4 is 17.6 Å². The molecule has 4 nitrogen and oxygen atoms in total. The molecule has 0 spiro atoms.